The van der Waals surface area contributed by atoms with E-state index in [4.69, 9.17) is 16.3 Å². The summed E-state index contributed by atoms with van der Waals surface area (Å²) in [7, 11) is -4.30. The standard InChI is InChI=1S/C20H21ClF3N3O4S/c21-17-5-4-15(20(22,23)24)13-18(17)26-32(29,30)16-3-1-2-14(12-16)19(28)25-6-7-27-8-10-31-11-9-27/h1-5,12-13,26H,6-11H2,(H,25,28). The molecule has 2 N–H and O–H groups in total. The average Bonchev–Trinajstić information content (AvgIpc) is 2.75. The predicted molar refractivity (Wildman–Crippen MR) is 113 cm³/mol. The smallest absolute Gasteiger partial charge is 0.379 e. The summed E-state index contributed by atoms with van der Waals surface area (Å²) < 4.78 is 71.6. The second-order valence-electron chi connectivity index (χ2n) is 7.04. The number of nitrogens with one attached hydrogen (secondary N) is 2. The Morgan fingerprint density at radius 3 is 2.53 bits per heavy atom. The van der Waals surface area contributed by atoms with Crippen LogP contribution in [0, 0.1) is 0 Å². The van der Waals surface area contributed by atoms with Gasteiger partial charge in [-0.15, -0.1) is 0 Å². The third kappa shape index (κ3) is 6.35. The van der Waals surface area contributed by atoms with Crippen LogP contribution in [0.15, 0.2) is 47.4 Å². The number of hydrogen-bond donors (Lipinski definition) is 2. The van der Waals surface area contributed by atoms with Gasteiger partial charge in [-0.1, -0.05) is 17.7 Å². The lowest BCUT2D eigenvalue weighted by Crippen LogP contribution is -2.41. The maximum absolute atomic E-state index is 12.9. The van der Waals surface area contributed by atoms with Crippen LogP contribution < -0.4 is 10.0 Å². The zero-order chi connectivity index (χ0) is 23.4. The van der Waals surface area contributed by atoms with Crippen molar-refractivity contribution in [3.8, 4) is 0 Å². The Kier molecular flexibility index (Phi) is 7.65. The van der Waals surface area contributed by atoms with Crippen LogP contribution in [0.5, 0.6) is 0 Å². The molecule has 1 fully saturated rings. The molecule has 2 aromatic rings. The van der Waals surface area contributed by atoms with Crippen molar-refractivity contribution >= 4 is 33.2 Å². The van der Waals surface area contributed by atoms with Crippen molar-refractivity contribution in [2.45, 2.75) is 11.1 Å². The molecule has 0 bridgehead atoms. The number of amides is 1. The van der Waals surface area contributed by atoms with Crippen molar-refractivity contribution in [2.75, 3.05) is 44.1 Å². The Hall–Kier alpha value is -2.34. The largest absolute Gasteiger partial charge is 0.416 e. The highest BCUT2D eigenvalue weighted by Gasteiger charge is 2.31. The first-order valence-corrected chi connectivity index (χ1v) is 11.5. The van der Waals surface area contributed by atoms with E-state index < -0.39 is 33.4 Å². The van der Waals surface area contributed by atoms with Crippen molar-refractivity contribution < 1.29 is 31.1 Å². The van der Waals surface area contributed by atoms with Crippen LogP contribution in [0.2, 0.25) is 5.02 Å². The summed E-state index contributed by atoms with van der Waals surface area (Å²) in [6.45, 7) is 3.81. The lowest BCUT2D eigenvalue weighted by molar-refractivity contribution is -0.137. The molecule has 0 radical (unpaired) electrons. The average molecular weight is 492 g/mol. The molecule has 1 heterocycles. The number of sulfonamides is 1. The summed E-state index contributed by atoms with van der Waals surface area (Å²) >= 11 is 5.87. The van der Waals surface area contributed by atoms with Gasteiger partial charge in [0.25, 0.3) is 15.9 Å². The van der Waals surface area contributed by atoms with Crippen molar-refractivity contribution in [3.05, 3.63) is 58.6 Å². The topological polar surface area (TPSA) is 87.7 Å². The molecule has 0 atom stereocenters. The SMILES string of the molecule is O=C(NCCN1CCOCC1)c1cccc(S(=O)(=O)Nc2cc(C(F)(F)F)ccc2Cl)c1. The zero-order valence-corrected chi connectivity index (χ0v) is 18.4. The lowest BCUT2D eigenvalue weighted by Gasteiger charge is -2.26. The van der Waals surface area contributed by atoms with Gasteiger partial charge in [-0.3, -0.25) is 14.4 Å². The summed E-state index contributed by atoms with van der Waals surface area (Å²) in [5.74, 6) is -0.465. The van der Waals surface area contributed by atoms with E-state index in [2.05, 4.69) is 14.9 Å². The molecule has 0 aromatic heterocycles. The Morgan fingerprint density at radius 2 is 1.84 bits per heavy atom. The number of ether oxygens (including phenoxy) is 1. The van der Waals surface area contributed by atoms with Gasteiger partial charge in [0.05, 0.1) is 34.4 Å². The molecule has 0 saturated carbocycles. The van der Waals surface area contributed by atoms with E-state index in [9.17, 15) is 26.4 Å². The highest BCUT2D eigenvalue weighted by atomic mass is 35.5. The molecule has 0 spiro atoms. The molecule has 1 aliphatic heterocycles. The molecule has 1 amide bonds. The van der Waals surface area contributed by atoms with Gasteiger partial charge in [0.15, 0.2) is 0 Å². The van der Waals surface area contributed by atoms with Crippen LogP contribution in [0.4, 0.5) is 18.9 Å². The first kappa shape index (κ1) is 24.3. The van der Waals surface area contributed by atoms with E-state index in [0.29, 0.717) is 32.4 Å². The van der Waals surface area contributed by atoms with Crippen LogP contribution in [-0.2, 0) is 20.9 Å². The molecule has 7 nitrogen and oxygen atoms in total. The third-order valence-corrected chi connectivity index (χ3v) is 6.45. The summed E-state index contributed by atoms with van der Waals surface area (Å²) in [6.07, 6.45) is -4.66. The number of alkyl halides is 3. The molecular weight excluding hydrogens is 471 g/mol. The van der Waals surface area contributed by atoms with Crippen LogP contribution in [-0.4, -0.2) is 58.6 Å². The lowest BCUT2D eigenvalue weighted by atomic mass is 10.2. The van der Waals surface area contributed by atoms with Gasteiger partial charge in [0.1, 0.15) is 0 Å². The van der Waals surface area contributed by atoms with E-state index in [0.717, 1.165) is 31.3 Å². The summed E-state index contributed by atoms with van der Waals surface area (Å²) in [4.78, 5) is 14.3. The number of carbonyl (C=O) groups is 1. The summed E-state index contributed by atoms with van der Waals surface area (Å²) in [5.41, 5.74) is -1.36. The maximum atomic E-state index is 12.9. The van der Waals surface area contributed by atoms with Crippen molar-refractivity contribution in [2.24, 2.45) is 0 Å². The van der Waals surface area contributed by atoms with E-state index in [1.165, 1.54) is 18.2 Å². The van der Waals surface area contributed by atoms with Crippen molar-refractivity contribution in [1.29, 1.82) is 0 Å². The molecular formula is C20H21ClF3N3O4S. The normalized spacial score (nSPS) is 15.4. The Morgan fingerprint density at radius 1 is 1.12 bits per heavy atom. The number of carbonyl (C=O) groups excluding carboxylic acids is 1. The van der Waals surface area contributed by atoms with E-state index in [1.54, 1.807) is 0 Å². The van der Waals surface area contributed by atoms with Crippen LogP contribution in [0.25, 0.3) is 0 Å². The summed E-state index contributed by atoms with van der Waals surface area (Å²) in [5, 5.41) is 2.53. The number of rotatable bonds is 7. The minimum Gasteiger partial charge on any atom is -0.379 e. The van der Waals surface area contributed by atoms with E-state index in [-0.39, 0.29) is 15.5 Å². The molecule has 32 heavy (non-hydrogen) atoms. The number of benzene rings is 2. The number of halogens is 4. The first-order chi connectivity index (χ1) is 15.1. The Balaban J connectivity index is 1.70. The number of hydrogen-bond acceptors (Lipinski definition) is 5. The Bertz CT molecular complexity index is 1070. The fourth-order valence-electron chi connectivity index (χ4n) is 3.04. The molecule has 1 saturated heterocycles. The first-order valence-electron chi connectivity index (χ1n) is 9.64. The third-order valence-electron chi connectivity index (χ3n) is 4.76. The maximum Gasteiger partial charge on any atom is 0.416 e. The van der Waals surface area contributed by atoms with Gasteiger partial charge in [-0.05, 0) is 36.4 Å². The minimum absolute atomic E-state index is 0.102. The van der Waals surface area contributed by atoms with Gasteiger partial charge in [-0.2, -0.15) is 13.2 Å². The van der Waals surface area contributed by atoms with E-state index >= 15 is 0 Å². The molecule has 1 aliphatic rings. The van der Waals surface area contributed by atoms with Crippen molar-refractivity contribution in [3.63, 3.8) is 0 Å². The minimum atomic E-state index is -4.66. The van der Waals surface area contributed by atoms with Crippen LogP contribution >= 0.6 is 11.6 Å². The van der Waals surface area contributed by atoms with Crippen LogP contribution in [0.1, 0.15) is 15.9 Å². The molecule has 0 unspecified atom stereocenters. The number of morpholine rings is 1. The number of nitrogens with zero attached hydrogens (tertiary/aromatic N) is 1. The molecule has 0 aliphatic carbocycles. The molecule has 2 aromatic carbocycles. The molecule has 12 heteroatoms. The second kappa shape index (κ2) is 10.1. The number of anilines is 1. The Labute approximate surface area is 188 Å². The second-order valence-corrected chi connectivity index (χ2v) is 9.13. The quantitative estimate of drug-likeness (QED) is 0.621. The van der Waals surface area contributed by atoms with Crippen LogP contribution in [0.3, 0.4) is 0 Å². The van der Waals surface area contributed by atoms with Gasteiger partial charge < -0.3 is 10.1 Å². The fourth-order valence-corrected chi connectivity index (χ4v) is 4.38. The predicted octanol–water partition coefficient (Wildman–Crippen LogP) is 3.22. The molecule has 3 rings (SSSR count). The van der Waals surface area contributed by atoms with Gasteiger partial charge >= 0.3 is 6.18 Å². The summed E-state index contributed by atoms with van der Waals surface area (Å²) in [6, 6.07) is 7.52. The van der Waals surface area contributed by atoms with Gasteiger partial charge in [-0.25, -0.2) is 8.42 Å². The van der Waals surface area contributed by atoms with Gasteiger partial charge in [0, 0.05) is 31.7 Å². The van der Waals surface area contributed by atoms with Gasteiger partial charge in [0.2, 0.25) is 0 Å². The highest BCUT2D eigenvalue weighted by molar-refractivity contribution is 7.92. The fraction of sp³-hybridized carbons (Fsp3) is 0.350. The van der Waals surface area contributed by atoms with E-state index in [1.807, 2.05) is 0 Å². The van der Waals surface area contributed by atoms with Crippen molar-refractivity contribution in [1.82, 2.24) is 10.2 Å². The highest BCUT2D eigenvalue weighted by Crippen LogP contribution is 2.34. The molecule has 174 valence electrons. The zero-order valence-electron chi connectivity index (χ0n) is 16.8. The monoisotopic (exact) mass is 491 g/mol.